The van der Waals surface area contributed by atoms with Crippen molar-refractivity contribution in [3.05, 3.63) is 32.6 Å². The monoisotopic (exact) mass is 356 g/mol. The molecule has 0 unspecified atom stereocenters. The highest BCUT2D eigenvalue weighted by molar-refractivity contribution is 5.02. The van der Waals surface area contributed by atoms with Crippen LogP contribution in [0.25, 0.3) is 0 Å². The van der Waals surface area contributed by atoms with E-state index in [0.29, 0.717) is 38.0 Å². The number of methoxy groups -OCH3 is 1. The van der Waals surface area contributed by atoms with Gasteiger partial charge in [-0.3, -0.25) is 14.3 Å². The largest absolute Gasteiger partial charge is 0.394 e. The van der Waals surface area contributed by atoms with Crippen molar-refractivity contribution >= 4 is 0 Å². The molecule has 3 atom stereocenters. The van der Waals surface area contributed by atoms with Crippen molar-refractivity contribution in [1.82, 2.24) is 9.55 Å². The van der Waals surface area contributed by atoms with Gasteiger partial charge in [-0.15, -0.1) is 0 Å². The molecule has 25 heavy (non-hydrogen) atoms. The molecule has 9 nitrogen and oxygen atoms in total. The number of aromatic amines is 1. The molecule has 1 aromatic rings. The Morgan fingerprint density at radius 1 is 1.40 bits per heavy atom. The van der Waals surface area contributed by atoms with Gasteiger partial charge in [-0.2, -0.15) is 0 Å². The SMILES string of the molecule is COC1(O[C@H]2C[C@H](n3cc(C)c(=O)[nH]c3=O)O[C@@H]2CO)CCOCC1. The van der Waals surface area contributed by atoms with Crippen molar-refractivity contribution in [2.24, 2.45) is 0 Å². The van der Waals surface area contributed by atoms with E-state index in [1.807, 2.05) is 0 Å². The first-order chi connectivity index (χ1) is 12.0. The Hall–Kier alpha value is -1.52. The van der Waals surface area contributed by atoms with Crippen molar-refractivity contribution in [1.29, 1.82) is 0 Å². The van der Waals surface area contributed by atoms with E-state index in [4.69, 9.17) is 18.9 Å². The van der Waals surface area contributed by atoms with Gasteiger partial charge in [0.25, 0.3) is 5.56 Å². The number of H-pyrrole nitrogens is 1. The minimum Gasteiger partial charge on any atom is -0.394 e. The number of aliphatic hydroxyl groups excluding tert-OH is 1. The van der Waals surface area contributed by atoms with Crippen molar-refractivity contribution in [3.8, 4) is 0 Å². The minimum atomic E-state index is -0.777. The highest BCUT2D eigenvalue weighted by Crippen LogP contribution is 2.36. The summed E-state index contributed by atoms with van der Waals surface area (Å²) in [5.41, 5.74) is -0.567. The number of aromatic nitrogens is 2. The van der Waals surface area contributed by atoms with Crippen LogP contribution in [-0.4, -0.2) is 59.6 Å². The predicted octanol–water partition coefficient (Wildman–Crippen LogP) is -0.337. The normalized spacial score (nSPS) is 29.0. The average molecular weight is 356 g/mol. The lowest BCUT2D eigenvalue weighted by atomic mass is 10.1. The van der Waals surface area contributed by atoms with Gasteiger partial charge in [0, 0.05) is 38.1 Å². The van der Waals surface area contributed by atoms with Crippen LogP contribution >= 0.6 is 0 Å². The van der Waals surface area contributed by atoms with Gasteiger partial charge in [0.1, 0.15) is 12.3 Å². The van der Waals surface area contributed by atoms with Gasteiger partial charge < -0.3 is 24.1 Å². The Labute approximate surface area is 144 Å². The molecule has 2 aliphatic rings. The zero-order valence-corrected chi connectivity index (χ0v) is 14.4. The summed E-state index contributed by atoms with van der Waals surface area (Å²) < 4.78 is 24.2. The number of hydrogen-bond acceptors (Lipinski definition) is 7. The molecular formula is C16H24N2O7. The molecule has 140 valence electrons. The lowest BCUT2D eigenvalue weighted by Crippen LogP contribution is -2.46. The van der Waals surface area contributed by atoms with E-state index in [-0.39, 0.29) is 6.61 Å². The third-order valence-corrected chi connectivity index (χ3v) is 4.81. The van der Waals surface area contributed by atoms with Crippen LogP contribution in [0.1, 0.15) is 31.1 Å². The van der Waals surface area contributed by atoms with Crippen molar-refractivity contribution in [3.63, 3.8) is 0 Å². The highest BCUT2D eigenvalue weighted by atomic mass is 16.7. The van der Waals surface area contributed by atoms with Crippen LogP contribution in [0.4, 0.5) is 0 Å². The lowest BCUT2D eigenvalue weighted by molar-refractivity contribution is -0.281. The second kappa shape index (κ2) is 7.38. The Balaban J connectivity index is 1.80. The fourth-order valence-corrected chi connectivity index (χ4v) is 3.29. The van der Waals surface area contributed by atoms with Gasteiger partial charge >= 0.3 is 5.69 Å². The van der Waals surface area contributed by atoms with Gasteiger partial charge in [-0.25, -0.2) is 4.79 Å². The first-order valence-corrected chi connectivity index (χ1v) is 8.37. The molecule has 2 aliphatic heterocycles. The van der Waals surface area contributed by atoms with E-state index in [2.05, 4.69) is 4.98 Å². The van der Waals surface area contributed by atoms with Gasteiger partial charge in [-0.1, -0.05) is 0 Å². The maximum atomic E-state index is 12.1. The molecule has 0 radical (unpaired) electrons. The van der Waals surface area contributed by atoms with Gasteiger partial charge in [0.15, 0.2) is 5.79 Å². The maximum Gasteiger partial charge on any atom is 0.330 e. The van der Waals surface area contributed by atoms with Crippen LogP contribution in [0.15, 0.2) is 15.8 Å². The fraction of sp³-hybridized carbons (Fsp3) is 0.750. The van der Waals surface area contributed by atoms with Gasteiger partial charge in [-0.05, 0) is 6.92 Å². The minimum absolute atomic E-state index is 0.242. The fourth-order valence-electron chi connectivity index (χ4n) is 3.29. The number of nitrogens with one attached hydrogen (secondary N) is 1. The van der Waals surface area contributed by atoms with Crippen LogP contribution in [0.5, 0.6) is 0 Å². The molecule has 2 N–H and O–H groups in total. The first kappa shape index (κ1) is 18.3. The molecule has 0 aliphatic carbocycles. The Morgan fingerprint density at radius 2 is 2.12 bits per heavy atom. The van der Waals surface area contributed by atoms with Gasteiger partial charge in [0.05, 0.1) is 25.9 Å². The summed E-state index contributed by atoms with van der Waals surface area (Å²) in [6.45, 7) is 2.44. The highest BCUT2D eigenvalue weighted by Gasteiger charge is 2.44. The Bertz CT molecular complexity index is 707. The van der Waals surface area contributed by atoms with Crippen LogP contribution in [0.2, 0.25) is 0 Å². The summed E-state index contributed by atoms with van der Waals surface area (Å²) in [5, 5.41) is 9.64. The van der Waals surface area contributed by atoms with Crippen LogP contribution in [0, 0.1) is 6.92 Å². The van der Waals surface area contributed by atoms with Crippen LogP contribution in [0.3, 0.4) is 0 Å². The Kier molecular flexibility index (Phi) is 5.40. The second-order valence-electron chi connectivity index (χ2n) is 6.41. The summed E-state index contributed by atoms with van der Waals surface area (Å²) >= 11 is 0. The smallest absolute Gasteiger partial charge is 0.330 e. The molecule has 0 bridgehead atoms. The molecule has 2 fully saturated rings. The lowest BCUT2D eigenvalue weighted by Gasteiger charge is -2.38. The number of aryl methyl sites for hydroxylation is 1. The molecule has 0 spiro atoms. The van der Waals surface area contributed by atoms with Crippen molar-refractivity contribution in [2.45, 2.75) is 50.4 Å². The number of rotatable bonds is 5. The molecule has 2 saturated heterocycles. The number of hydrogen-bond donors (Lipinski definition) is 2. The molecule has 1 aromatic heterocycles. The summed E-state index contributed by atoms with van der Waals surface area (Å²) in [7, 11) is 1.59. The summed E-state index contributed by atoms with van der Waals surface area (Å²) in [6.07, 6.45) is 1.34. The topological polar surface area (TPSA) is 112 Å². The standard InChI is InChI=1S/C16H24N2O7/c1-10-8-18(15(21)17-14(10)20)13-7-11(12(9-19)24-13)25-16(22-2)3-5-23-6-4-16/h8,11-13,19H,3-7,9H2,1-2H3,(H,17,20,21)/t11-,12+,13+/m0/s1. The summed E-state index contributed by atoms with van der Waals surface area (Å²) in [6, 6.07) is 0. The molecule has 9 heteroatoms. The molecule has 3 rings (SSSR count). The molecular weight excluding hydrogens is 332 g/mol. The summed E-state index contributed by atoms with van der Waals surface area (Å²) in [5.74, 6) is -0.777. The molecule has 0 amide bonds. The van der Waals surface area contributed by atoms with Crippen molar-refractivity contribution in [2.75, 3.05) is 26.9 Å². The quantitative estimate of drug-likeness (QED) is 0.694. The second-order valence-corrected chi connectivity index (χ2v) is 6.41. The van der Waals surface area contributed by atoms with E-state index in [1.54, 1.807) is 14.0 Å². The van der Waals surface area contributed by atoms with Crippen molar-refractivity contribution < 1.29 is 24.1 Å². The third kappa shape index (κ3) is 3.70. The van der Waals surface area contributed by atoms with E-state index in [9.17, 15) is 14.7 Å². The molecule has 0 saturated carbocycles. The maximum absolute atomic E-state index is 12.1. The zero-order valence-electron chi connectivity index (χ0n) is 14.4. The molecule has 0 aromatic carbocycles. The van der Waals surface area contributed by atoms with E-state index < -0.39 is 35.5 Å². The third-order valence-electron chi connectivity index (χ3n) is 4.81. The number of ether oxygens (including phenoxy) is 4. The average Bonchev–Trinajstić information content (AvgIpc) is 3.01. The number of nitrogens with zero attached hydrogens (tertiary/aromatic N) is 1. The van der Waals surface area contributed by atoms with Gasteiger partial charge in [0.2, 0.25) is 0 Å². The Morgan fingerprint density at radius 3 is 2.76 bits per heavy atom. The number of aliphatic hydroxyl groups is 1. The van der Waals surface area contributed by atoms with E-state index in [0.717, 1.165) is 0 Å². The van der Waals surface area contributed by atoms with Crippen LogP contribution < -0.4 is 11.2 Å². The van der Waals surface area contributed by atoms with E-state index in [1.165, 1.54) is 10.8 Å². The van der Waals surface area contributed by atoms with Crippen LogP contribution in [-0.2, 0) is 18.9 Å². The predicted molar refractivity (Wildman–Crippen MR) is 86.3 cm³/mol. The summed E-state index contributed by atoms with van der Waals surface area (Å²) in [4.78, 5) is 25.9. The van der Waals surface area contributed by atoms with E-state index >= 15 is 0 Å². The first-order valence-electron chi connectivity index (χ1n) is 8.37. The molecule has 3 heterocycles. The zero-order chi connectivity index (χ0) is 18.0.